The van der Waals surface area contributed by atoms with Gasteiger partial charge in [0.1, 0.15) is 5.60 Å². The van der Waals surface area contributed by atoms with Crippen molar-refractivity contribution in [3.8, 4) is 0 Å². The van der Waals surface area contributed by atoms with Gasteiger partial charge in [0.05, 0.1) is 24.5 Å². The molecule has 2 amide bonds. The van der Waals surface area contributed by atoms with Gasteiger partial charge >= 0.3 is 0 Å². The number of hydrogen-bond donors (Lipinski definition) is 1. The molecule has 0 saturated carbocycles. The Morgan fingerprint density at radius 3 is 2.71 bits per heavy atom. The van der Waals surface area contributed by atoms with Crippen molar-refractivity contribution in [3.05, 3.63) is 42.5 Å². The minimum Gasteiger partial charge on any atom is -0.360 e. The van der Waals surface area contributed by atoms with Crippen LogP contribution in [0.15, 0.2) is 42.5 Å². The first kappa shape index (κ1) is 19.2. The number of fused-ring (bicyclic) bond motifs is 1. The molecule has 3 aliphatic heterocycles. The number of carbonyl (C=O) groups is 2. The van der Waals surface area contributed by atoms with E-state index in [9.17, 15) is 9.59 Å². The third kappa shape index (κ3) is 3.26. The highest BCUT2D eigenvalue weighted by atomic mass is 16.5. The summed E-state index contributed by atoms with van der Waals surface area (Å²) in [6.45, 7) is 6.95. The molecule has 0 aromatic heterocycles. The average Bonchev–Trinajstić information content (AvgIpc) is 3.30. The maximum atomic E-state index is 13.3. The molecule has 5 atom stereocenters. The molecule has 3 heterocycles. The average molecular weight is 383 g/mol. The summed E-state index contributed by atoms with van der Waals surface area (Å²) in [5.74, 6) is -0.275. The topological polar surface area (TPSA) is 58.6 Å². The van der Waals surface area contributed by atoms with E-state index >= 15 is 0 Å². The van der Waals surface area contributed by atoms with Crippen molar-refractivity contribution >= 4 is 17.5 Å². The highest BCUT2D eigenvalue weighted by molar-refractivity contribution is 6.03. The molecule has 2 bridgehead atoms. The highest BCUT2D eigenvalue weighted by Crippen LogP contribution is 2.52. The maximum Gasteiger partial charge on any atom is 0.234 e. The first-order valence-corrected chi connectivity index (χ1v) is 10.5. The van der Waals surface area contributed by atoms with Crippen molar-refractivity contribution < 1.29 is 14.3 Å². The number of amides is 2. The summed E-state index contributed by atoms with van der Waals surface area (Å²) < 4.78 is 6.20. The van der Waals surface area contributed by atoms with E-state index in [1.807, 2.05) is 49.4 Å². The minimum absolute atomic E-state index is 0.00865. The SMILES string of the molecule is CC(C)CCC[C@@H](C)NC(=O)[C@@H]1[C@H]2C=C[C@]3(CN(c4ccccc4)C(=O)[C@@H]13)O2. The monoisotopic (exact) mass is 382 g/mol. The van der Waals surface area contributed by atoms with E-state index in [-0.39, 0.29) is 24.0 Å². The van der Waals surface area contributed by atoms with Crippen LogP contribution in [0.1, 0.15) is 40.0 Å². The van der Waals surface area contributed by atoms with Crippen LogP contribution in [0.25, 0.3) is 0 Å². The van der Waals surface area contributed by atoms with Crippen molar-refractivity contribution in [2.24, 2.45) is 17.8 Å². The number of hydrogen-bond acceptors (Lipinski definition) is 3. The van der Waals surface area contributed by atoms with Gasteiger partial charge in [0, 0.05) is 11.7 Å². The van der Waals surface area contributed by atoms with Gasteiger partial charge in [-0.05, 0) is 31.4 Å². The van der Waals surface area contributed by atoms with Gasteiger partial charge in [0.25, 0.3) is 0 Å². The van der Waals surface area contributed by atoms with E-state index in [2.05, 4.69) is 19.2 Å². The fourth-order valence-corrected chi connectivity index (χ4v) is 4.87. The van der Waals surface area contributed by atoms with Crippen molar-refractivity contribution in [1.29, 1.82) is 0 Å². The summed E-state index contributed by atoms with van der Waals surface area (Å²) >= 11 is 0. The summed E-state index contributed by atoms with van der Waals surface area (Å²) in [7, 11) is 0. The number of ether oxygens (including phenoxy) is 1. The van der Waals surface area contributed by atoms with Crippen molar-refractivity contribution in [3.63, 3.8) is 0 Å². The largest absolute Gasteiger partial charge is 0.360 e. The van der Waals surface area contributed by atoms with Gasteiger partial charge in [-0.15, -0.1) is 0 Å². The number of anilines is 1. The van der Waals surface area contributed by atoms with Crippen molar-refractivity contribution in [2.45, 2.75) is 57.8 Å². The summed E-state index contributed by atoms with van der Waals surface area (Å²) in [5, 5.41) is 3.14. The van der Waals surface area contributed by atoms with Crippen LogP contribution in [0.3, 0.4) is 0 Å². The Kier molecular flexibility index (Phi) is 5.04. The van der Waals surface area contributed by atoms with Crippen LogP contribution < -0.4 is 10.2 Å². The Morgan fingerprint density at radius 1 is 1.25 bits per heavy atom. The Labute approximate surface area is 167 Å². The van der Waals surface area contributed by atoms with Crippen LogP contribution in [-0.2, 0) is 14.3 Å². The van der Waals surface area contributed by atoms with Crippen molar-refractivity contribution in [1.82, 2.24) is 5.32 Å². The molecule has 5 heteroatoms. The standard InChI is InChI=1S/C23H30N2O3/c1-15(2)8-7-9-16(3)24-21(26)19-18-12-13-23(28-18)14-25(22(27)20(19)23)17-10-5-4-6-11-17/h4-6,10-13,15-16,18-20H,7-9,14H2,1-3H3,(H,24,26)/t16-,18-,19-,20-,23-/m1/s1. The molecule has 28 heavy (non-hydrogen) atoms. The molecular formula is C23H30N2O3. The van der Waals surface area contributed by atoms with E-state index in [1.54, 1.807) is 4.90 Å². The third-order valence-electron chi connectivity index (χ3n) is 6.28. The Morgan fingerprint density at radius 2 is 2.00 bits per heavy atom. The second kappa shape index (κ2) is 7.36. The second-order valence-electron chi connectivity index (χ2n) is 8.89. The van der Waals surface area contributed by atoms with Gasteiger partial charge in [-0.1, -0.05) is 57.0 Å². The van der Waals surface area contributed by atoms with Crippen LogP contribution in [-0.4, -0.2) is 36.1 Å². The Balaban J connectivity index is 1.47. The van der Waals surface area contributed by atoms with Gasteiger partial charge in [-0.3, -0.25) is 9.59 Å². The molecule has 4 rings (SSSR count). The van der Waals surface area contributed by atoms with Gasteiger partial charge in [-0.25, -0.2) is 0 Å². The van der Waals surface area contributed by atoms with E-state index in [4.69, 9.17) is 4.74 Å². The van der Waals surface area contributed by atoms with Crippen LogP contribution in [0, 0.1) is 17.8 Å². The Hall–Kier alpha value is -2.14. The molecule has 150 valence electrons. The van der Waals surface area contributed by atoms with Gasteiger partial charge in [-0.2, -0.15) is 0 Å². The molecule has 3 aliphatic rings. The third-order valence-corrected chi connectivity index (χ3v) is 6.28. The lowest BCUT2D eigenvalue weighted by Gasteiger charge is -2.25. The minimum atomic E-state index is -0.666. The lowest BCUT2D eigenvalue weighted by molar-refractivity contribution is -0.132. The smallest absolute Gasteiger partial charge is 0.234 e. The second-order valence-corrected chi connectivity index (χ2v) is 8.89. The predicted octanol–water partition coefficient (Wildman–Crippen LogP) is 3.30. The molecule has 0 radical (unpaired) electrons. The number of nitrogens with one attached hydrogen (secondary N) is 1. The van der Waals surface area contributed by atoms with Crippen LogP contribution >= 0.6 is 0 Å². The van der Waals surface area contributed by atoms with Crippen LogP contribution in [0.5, 0.6) is 0 Å². The first-order valence-electron chi connectivity index (χ1n) is 10.5. The molecule has 1 aromatic rings. The van der Waals surface area contributed by atoms with E-state index in [0.29, 0.717) is 12.5 Å². The summed E-state index contributed by atoms with van der Waals surface area (Å²) in [6, 6.07) is 9.74. The number of carbonyl (C=O) groups excluding carboxylic acids is 2. The number of para-hydroxylation sites is 1. The summed E-state index contributed by atoms with van der Waals surface area (Å²) in [5.41, 5.74) is 0.193. The zero-order valence-corrected chi connectivity index (χ0v) is 16.9. The summed E-state index contributed by atoms with van der Waals surface area (Å²) in [6.07, 6.45) is 6.88. The van der Waals surface area contributed by atoms with E-state index in [1.165, 1.54) is 0 Å². The van der Waals surface area contributed by atoms with E-state index < -0.39 is 17.4 Å². The fourth-order valence-electron chi connectivity index (χ4n) is 4.87. The summed E-state index contributed by atoms with van der Waals surface area (Å²) in [4.78, 5) is 28.1. The first-order chi connectivity index (χ1) is 13.4. The number of nitrogens with zero attached hydrogens (tertiary/aromatic N) is 1. The zero-order valence-electron chi connectivity index (χ0n) is 16.9. The molecule has 0 aliphatic carbocycles. The molecule has 2 saturated heterocycles. The van der Waals surface area contributed by atoms with E-state index in [0.717, 1.165) is 24.9 Å². The van der Waals surface area contributed by atoms with Crippen molar-refractivity contribution in [2.75, 3.05) is 11.4 Å². The zero-order chi connectivity index (χ0) is 19.9. The fraction of sp³-hybridized carbons (Fsp3) is 0.565. The quantitative estimate of drug-likeness (QED) is 0.736. The van der Waals surface area contributed by atoms with Gasteiger partial charge < -0.3 is 15.0 Å². The molecule has 0 unspecified atom stereocenters. The maximum absolute atomic E-state index is 13.3. The normalized spacial score (nSPS) is 31.5. The Bertz CT molecular complexity index is 775. The number of benzene rings is 1. The van der Waals surface area contributed by atoms with Gasteiger partial charge in [0.15, 0.2) is 0 Å². The van der Waals surface area contributed by atoms with Gasteiger partial charge in [0.2, 0.25) is 11.8 Å². The van der Waals surface area contributed by atoms with Crippen LogP contribution in [0.4, 0.5) is 5.69 Å². The lowest BCUT2D eigenvalue weighted by atomic mass is 9.76. The molecule has 2 fully saturated rings. The molecular weight excluding hydrogens is 352 g/mol. The molecule has 1 N–H and O–H groups in total. The molecule has 1 spiro atoms. The lowest BCUT2D eigenvalue weighted by Crippen LogP contribution is -2.46. The highest BCUT2D eigenvalue weighted by Gasteiger charge is 2.67. The molecule has 1 aromatic carbocycles. The molecule has 5 nitrogen and oxygen atoms in total. The number of rotatable bonds is 7. The van der Waals surface area contributed by atoms with Crippen LogP contribution in [0.2, 0.25) is 0 Å². The predicted molar refractivity (Wildman–Crippen MR) is 109 cm³/mol.